The Balaban J connectivity index is 1.58. The first-order valence-electron chi connectivity index (χ1n) is 10.3. The molecule has 1 unspecified atom stereocenters. The predicted octanol–water partition coefficient (Wildman–Crippen LogP) is 6.51. The molecule has 1 atom stereocenters. The van der Waals surface area contributed by atoms with Crippen molar-refractivity contribution in [2.24, 2.45) is 5.73 Å². The zero-order chi connectivity index (χ0) is 17.9. The zero-order valence-corrected chi connectivity index (χ0v) is 15.9. The van der Waals surface area contributed by atoms with Crippen LogP contribution in [0, 0.1) is 0 Å². The Bertz CT molecular complexity index is 561. The van der Waals surface area contributed by atoms with Gasteiger partial charge < -0.3 is 5.73 Å². The number of carbonyl (C=O) groups excluding carboxylic acids is 1. The second-order valence-corrected chi connectivity index (χ2v) is 7.43. The van der Waals surface area contributed by atoms with Gasteiger partial charge in [-0.1, -0.05) is 95.4 Å². The molecular weight excluding hydrogens is 306 g/mol. The molecule has 1 aliphatic carbocycles. The Labute approximate surface area is 153 Å². The summed E-state index contributed by atoms with van der Waals surface area (Å²) in [5.74, 6) is 0.121. The lowest BCUT2D eigenvalue weighted by atomic mass is 9.85. The van der Waals surface area contributed by atoms with Gasteiger partial charge in [-0.2, -0.15) is 0 Å². The number of nitrogens with two attached hydrogens (primary N) is 1. The number of carbonyl (C=O) groups is 1. The first-order valence-corrected chi connectivity index (χ1v) is 10.3. The number of hydrogen-bond acceptors (Lipinski definition) is 2. The van der Waals surface area contributed by atoms with Gasteiger partial charge in [0.15, 0.2) is 5.78 Å². The van der Waals surface area contributed by atoms with Gasteiger partial charge >= 0.3 is 0 Å². The zero-order valence-electron chi connectivity index (χ0n) is 15.9. The number of fused-ring (bicyclic) bond motifs is 1. The van der Waals surface area contributed by atoms with Crippen molar-refractivity contribution in [2.45, 2.75) is 90.0 Å². The number of unbranched alkanes of at least 4 members (excludes halogenated alkanes) is 10. The number of allylic oxidation sites excluding steroid dienone is 1. The van der Waals surface area contributed by atoms with Crippen LogP contribution in [-0.4, -0.2) is 5.78 Å². The summed E-state index contributed by atoms with van der Waals surface area (Å²) in [5.41, 5.74) is 9.24. The van der Waals surface area contributed by atoms with Crippen LogP contribution in [0.3, 0.4) is 0 Å². The summed E-state index contributed by atoms with van der Waals surface area (Å²) in [6, 6.07) is 7.65. The number of hydrogen-bond donors (Lipinski definition) is 1. The maximum Gasteiger partial charge on any atom is 0.186 e. The van der Waals surface area contributed by atoms with Crippen LogP contribution in [0.1, 0.15) is 106 Å². The molecule has 138 valence electrons. The summed E-state index contributed by atoms with van der Waals surface area (Å²) in [6.45, 7) is 2.27. The molecule has 0 bridgehead atoms. The van der Waals surface area contributed by atoms with Crippen molar-refractivity contribution in [3.05, 3.63) is 47.0 Å². The molecule has 1 aromatic carbocycles. The van der Waals surface area contributed by atoms with Crippen LogP contribution >= 0.6 is 0 Å². The topological polar surface area (TPSA) is 43.1 Å². The average molecular weight is 342 g/mol. The van der Waals surface area contributed by atoms with Crippen molar-refractivity contribution in [3.8, 4) is 0 Å². The molecule has 1 aliphatic rings. The summed E-state index contributed by atoms with van der Waals surface area (Å²) in [7, 11) is 0. The highest BCUT2D eigenvalue weighted by molar-refractivity contribution is 6.07. The quantitative estimate of drug-likeness (QED) is 0.440. The molecule has 0 saturated carbocycles. The Hall–Kier alpha value is -1.41. The second-order valence-electron chi connectivity index (χ2n) is 7.43. The minimum Gasteiger partial charge on any atom is -0.321 e. The predicted molar refractivity (Wildman–Crippen MR) is 107 cm³/mol. The highest BCUT2D eigenvalue weighted by Gasteiger charge is 2.23. The summed E-state index contributed by atoms with van der Waals surface area (Å²) >= 11 is 0. The van der Waals surface area contributed by atoms with Crippen molar-refractivity contribution < 1.29 is 4.79 Å². The molecule has 0 aliphatic heterocycles. The third kappa shape index (κ3) is 6.43. The van der Waals surface area contributed by atoms with Gasteiger partial charge in [-0.15, -0.1) is 0 Å². The molecule has 0 heterocycles. The van der Waals surface area contributed by atoms with E-state index in [1.165, 1.54) is 64.2 Å². The first kappa shape index (κ1) is 19.9. The van der Waals surface area contributed by atoms with Gasteiger partial charge in [0.2, 0.25) is 0 Å². The van der Waals surface area contributed by atoms with Gasteiger partial charge in [-0.3, -0.25) is 4.79 Å². The first-order chi connectivity index (χ1) is 12.2. The molecule has 0 aromatic heterocycles. The normalized spacial score (nSPS) is 16.6. The monoisotopic (exact) mass is 341 g/mol. The Morgan fingerprint density at radius 3 is 2.04 bits per heavy atom. The van der Waals surface area contributed by atoms with Gasteiger partial charge in [0, 0.05) is 5.56 Å². The van der Waals surface area contributed by atoms with Crippen molar-refractivity contribution >= 4 is 5.78 Å². The summed E-state index contributed by atoms with van der Waals surface area (Å²) in [4.78, 5) is 12.2. The van der Waals surface area contributed by atoms with Gasteiger partial charge in [-0.05, 0) is 30.1 Å². The van der Waals surface area contributed by atoms with Crippen LogP contribution in [0.15, 0.2) is 35.9 Å². The van der Waals surface area contributed by atoms with Crippen LogP contribution in [0.4, 0.5) is 0 Å². The molecular formula is C23H35NO. The SMILES string of the molecule is CCCCCCCCCCCCCC1=CC(=O)c2ccccc2C1N. The van der Waals surface area contributed by atoms with Gasteiger partial charge in [0.05, 0.1) is 6.04 Å². The molecule has 0 saturated heterocycles. The summed E-state index contributed by atoms with van der Waals surface area (Å²) < 4.78 is 0. The third-order valence-corrected chi connectivity index (χ3v) is 5.35. The standard InChI is InChI=1S/C23H35NO/c1-2-3-4-5-6-7-8-9-10-11-12-15-19-18-22(25)20-16-13-14-17-21(20)23(19)24/h13-14,16-18,23H,2-12,15,24H2,1H3. The van der Waals surface area contributed by atoms with E-state index in [0.29, 0.717) is 0 Å². The Morgan fingerprint density at radius 1 is 0.840 bits per heavy atom. The van der Waals surface area contributed by atoms with E-state index in [0.717, 1.165) is 29.5 Å². The van der Waals surface area contributed by atoms with E-state index in [9.17, 15) is 4.79 Å². The van der Waals surface area contributed by atoms with Crippen LogP contribution in [-0.2, 0) is 0 Å². The van der Waals surface area contributed by atoms with Crippen molar-refractivity contribution in [1.82, 2.24) is 0 Å². The number of benzene rings is 1. The fraction of sp³-hybridized carbons (Fsp3) is 0.609. The van der Waals surface area contributed by atoms with E-state index in [4.69, 9.17) is 5.73 Å². The van der Waals surface area contributed by atoms with E-state index in [1.54, 1.807) is 6.08 Å². The molecule has 2 heteroatoms. The molecule has 0 amide bonds. The summed E-state index contributed by atoms with van der Waals surface area (Å²) in [5, 5.41) is 0. The van der Waals surface area contributed by atoms with Gasteiger partial charge in [0.25, 0.3) is 0 Å². The van der Waals surface area contributed by atoms with Gasteiger partial charge in [0.1, 0.15) is 0 Å². The minimum absolute atomic E-state index is 0.1000. The number of rotatable bonds is 12. The lowest BCUT2D eigenvalue weighted by Gasteiger charge is -2.23. The van der Waals surface area contributed by atoms with Crippen molar-refractivity contribution in [3.63, 3.8) is 0 Å². The molecule has 25 heavy (non-hydrogen) atoms. The smallest absolute Gasteiger partial charge is 0.186 e. The highest BCUT2D eigenvalue weighted by Crippen LogP contribution is 2.31. The largest absolute Gasteiger partial charge is 0.321 e. The maximum absolute atomic E-state index is 12.2. The molecule has 0 fully saturated rings. The third-order valence-electron chi connectivity index (χ3n) is 5.35. The molecule has 0 spiro atoms. The lowest BCUT2D eigenvalue weighted by Crippen LogP contribution is -2.21. The fourth-order valence-corrected chi connectivity index (χ4v) is 3.75. The average Bonchev–Trinajstić information content (AvgIpc) is 2.63. The molecule has 1 aromatic rings. The van der Waals surface area contributed by atoms with Crippen LogP contribution in [0.2, 0.25) is 0 Å². The van der Waals surface area contributed by atoms with Crippen molar-refractivity contribution in [1.29, 1.82) is 0 Å². The minimum atomic E-state index is -0.1000. The second kappa shape index (κ2) is 11.3. The van der Waals surface area contributed by atoms with Crippen molar-refractivity contribution in [2.75, 3.05) is 0 Å². The maximum atomic E-state index is 12.2. The van der Waals surface area contributed by atoms with E-state index >= 15 is 0 Å². The lowest BCUT2D eigenvalue weighted by molar-refractivity contribution is 0.104. The van der Waals surface area contributed by atoms with Crippen LogP contribution in [0.25, 0.3) is 0 Å². The van der Waals surface area contributed by atoms with E-state index < -0.39 is 0 Å². The van der Waals surface area contributed by atoms with Gasteiger partial charge in [-0.25, -0.2) is 0 Å². The molecule has 2 nitrogen and oxygen atoms in total. The van der Waals surface area contributed by atoms with E-state index in [2.05, 4.69) is 6.92 Å². The van der Waals surface area contributed by atoms with E-state index in [-0.39, 0.29) is 11.8 Å². The van der Waals surface area contributed by atoms with Crippen LogP contribution in [0.5, 0.6) is 0 Å². The van der Waals surface area contributed by atoms with Crippen LogP contribution < -0.4 is 5.73 Å². The number of ketones is 1. The Kier molecular flexibility index (Phi) is 8.96. The molecule has 0 radical (unpaired) electrons. The molecule has 2 N–H and O–H groups in total. The fourth-order valence-electron chi connectivity index (χ4n) is 3.75. The summed E-state index contributed by atoms with van der Waals surface area (Å²) in [6.07, 6.45) is 17.5. The Morgan fingerprint density at radius 2 is 1.40 bits per heavy atom. The molecule has 2 rings (SSSR count). The highest BCUT2D eigenvalue weighted by atomic mass is 16.1. The van der Waals surface area contributed by atoms with E-state index in [1.807, 2.05) is 24.3 Å².